The third kappa shape index (κ3) is 3.83. The molecular weight excluding hydrogens is 234 g/mol. The zero-order valence-corrected chi connectivity index (χ0v) is 11.8. The van der Waals surface area contributed by atoms with E-state index in [1.165, 1.54) is 5.56 Å². The highest BCUT2D eigenvalue weighted by Crippen LogP contribution is 2.33. The Hall–Kier alpha value is -1.30. The number of hydrogen-bond acceptors (Lipinski definition) is 2. The minimum Gasteiger partial charge on any atom is -0.379 e. The van der Waals surface area contributed by atoms with Crippen molar-refractivity contribution in [3.63, 3.8) is 0 Å². The van der Waals surface area contributed by atoms with E-state index in [9.17, 15) is 5.11 Å². The summed E-state index contributed by atoms with van der Waals surface area (Å²) < 4.78 is 0. The van der Waals surface area contributed by atoms with Crippen molar-refractivity contribution in [1.82, 2.24) is 4.90 Å². The van der Waals surface area contributed by atoms with Gasteiger partial charge in [0.05, 0.1) is 6.04 Å². The molecule has 1 saturated heterocycles. The average Bonchev–Trinajstić information content (AvgIpc) is 3.24. The van der Waals surface area contributed by atoms with Crippen LogP contribution in [0.25, 0.3) is 0 Å². The van der Waals surface area contributed by atoms with Crippen molar-refractivity contribution in [2.45, 2.75) is 51.3 Å². The Kier molecular flexibility index (Phi) is 5.01. The fourth-order valence-electron chi connectivity index (χ4n) is 2.36. The van der Waals surface area contributed by atoms with Gasteiger partial charge in [-0.3, -0.25) is 4.90 Å². The molecule has 1 fully saturated rings. The van der Waals surface area contributed by atoms with Crippen molar-refractivity contribution in [3.05, 3.63) is 35.9 Å². The summed E-state index contributed by atoms with van der Waals surface area (Å²) in [6.45, 7) is 5.29. The number of benzene rings is 1. The van der Waals surface area contributed by atoms with E-state index in [1.807, 2.05) is 6.07 Å². The predicted octanol–water partition coefficient (Wildman–Crippen LogP) is 2.99. The predicted molar refractivity (Wildman–Crippen MR) is 78.7 cm³/mol. The van der Waals surface area contributed by atoms with Crippen LogP contribution in [0.1, 0.15) is 44.7 Å². The van der Waals surface area contributed by atoms with Gasteiger partial charge in [0.2, 0.25) is 0 Å². The van der Waals surface area contributed by atoms with E-state index < -0.39 is 6.10 Å². The molecule has 0 bridgehead atoms. The van der Waals surface area contributed by atoms with Gasteiger partial charge in [0.1, 0.15) is 6.10 Å². The third-order valence-electron chi connectivity index (χ3n) is 3.74. The van der Waals surface area contributed by atoms with E-state index in [1.54, 1.807) is 0 Å². The molecule has 1 heterocycles. The standard InChI is InChI=1S/C17H23NO/c1-3-4-5-9-12-17(19)16-13-18(16)14(2)15-10-7-6-8-11-15/h6-8,10-11,14,16-17,19H,3-5,13H2,1-2H3/t14-,16+,17+,18?/m0/s1. The van der Waals surface area contributed by atoms with Crippen LogP contribution in [0.5, 0.6) is 0 Å². The number of rotatable bonds is 5. The van der Waals surface area contributed by atoms with Gasteiger partial charge in [-0.05, 0) is 18.9 Å². The summed E-state index contributed by atoms with van der Waals surface area (Å²) in [5.41, 5.74) is 1.30. The molecule has 2 heteroatoms. The van der Waals surface area contributed by atoms with Crippen molar-refractivity contribution in [2.24, 2.45) is 0 Å². The Morgan fingerprint density at radius 3 is 2.79 bits per heavy atom. The van der Waals surface area contributed by atoms with Crippen molar-refractivity contribution in [2.75, 3.05) is 6.54 Å². The molecule has 2 rings (SSSR count). The van der Waals surface area contributed by atoms with Gasteiger partial charge in [0.15, 0.2) is 0 Å². The van der Waals surface area contributed by atoms with Crippen LogP contribution in [0.3, 0.4) is 0 Å². The molecule has 0 amide bonds. The molecule has 1 unspecified atom stereocenters. The van der Waals surface area contributed by atoms with Crippen LogP contribution >= 0.6 is 0 Å². The number of hydrogen-bond donors (Lipinski definition) is 1. The average molecular weight is 257 g/mol. The van der Waals surface area contributed by atoms with Crippen LogP contribution < -0.4 is 0 Å². The summed E-state index contributed by atoms with van der Waals surface area (Å²) in [6.07, 6.45) is 2.68. The van der Waals surface area contributed by atoms with Crippen LogP contribution in [0.4, 0.5) is 0 Å². The highest BCUT2D eigenvalue weighted by atomic mass is 16.3. The monoisotopic (exact) mass is 257 g/mol. The molecule has 19 heavy (non-hydrogen) atoms. The Balaban J connectivity index is 1.84. The molecule has 0 aliphatic carbocycles. The van der Waals surface area contributed by atoms with Crippen LogP contribution in [-0.4, -0.2) is 28.7 Å². The van der Waals surface area contributed by atoms with Crippen molar-refractivity contribution in [1.29, 1.82) is 0 Å². The van der Waals surface area contributed by atoms with E-state index in [4.69, 9.17) is 0 Å². The van der Waals surface area contributed by atoms with Crippen molar-refractivity contribution < 1.29 is 5.11 Å². The SMILES string of the molecule is CCCCC#C[C@@H](O)[C@H]1CN1[C@@H](C)c1ccccc1. The second-order valence-electron chi connectivity index (χ2n) is 5.22. The fourth-order valence-corrected chi connectivity index (χ4v) is 2.36. The Labute approximate surface area is 116 Å². The lowest BCUT2D eigenvalue weighted by molar-refractivity contribution is 0.201. The number of aliphatic hydroxyl groups is 1. The lowest BCUT2D eigenvalue weighted by Gasteiger charge is -2.15. The molecular formula is C17H23NO. The first-order valence-corrected chi connectivity index (χ1v) is 7.21. The molecule has 4 atom stereocenters. The van der Waals surface area contributed by atoms with Gasteiger partial charge < -0.3 is 5.11 Å². The first-order chi connectivity index (χ1) is 9.24. The summed E-state index contributed by atoms with van der Waals surface area (Å²) in [5, 5.41) is 10.0. The van der Waals surface area contributed by atoms with Gasteiger partial charge in [-0.2, -0.15) is 0 Å². The summed E-state index contributed by atoms with van der Waals surface area (Å²) in [4.78, 5) is 2.30. The summed E-state index contributed by atoms with van der Waals surface area (Å²) >= 11 is 0. The molecule has 0 aromatic heterocycles. The maximum Gasteiger partial charge on any atom is 0.131 e. The Morgan fingerprint density at radius 1 is 1.37 bits per heavy atom. The maximum atomic E-state index is 10.0. The smallest absolute Gasteiger partial charge is 0.131 e. The highest BCUT2D eigenvalue weighted by Gasteiger charge is 2.42. The first kappa shape index (κ1) is 14.1. The molecule has 1 aromatic rings. The molecule has 1 aromatic carbocycles. The summed E-state index contributed by atoms with van der Waals surface area (Å²) in [6, 6.07) is 11.0. The van der Waals surface area contributed by atoms with Crippen LogP contribution in [-0.2, 0) is 0 Å². The molecule has 0 spiro atoms. The number of unbranched alkanes of at least 4 members (excludes halogenated alkanes) is 2. The normalized spacial score (nSPS) is 24.2. The highest BCUT2D eigenvalue weighted by molar-refractivity contribution is 5.22. The molecule has 1 aliphatic heterocycles. The van der Waals surface area contributed by atoms with Crippen LogP contribution in [0.15, 0.2) is 30.3 Å². The van der Waals surface area contributed by atoms with Gasteiger partial charge in [-0.1, -0.05) is 49.6 Å². The zero-order chi connectivity index (χ0) is 13.7. The molecule has 1 aliphatic rings. The van der Waals surface area contributed by atoms with Gasteiger partial charge in [0.25, 0.3) is 0 Å². The largest absolute Gasteiger partial charge is 0.379 e. The van der Waals surface area contributed by atoms with Crippen LogP contribution in [0.2, 0.25) is 0 Å². The van der Waals surface area contributed by atoms with Crippen LogP contribution in [0, 0.1) is 11.8 Å². The molecule has 0 saturated carbocycles. The zero-order valence-electron chi connectivity index (χ0n) is 11.8. The van der Waals surface area contributed by atoms with E-state index in [0.29, 0.717) is 6.04 Å². The quantitative estimate of drug-likeness (QED) is 0.498. The molecule has 0 radical (unpaired) electrons. The second kappa shape index (κ2) is 6.75. The van der Waals surface area contributed by atoms with Crippen molar-refractivity contribution >= 4 is 0 Å². The second-order valence-corrected chi connectivity index (χ2v) is 5.22. The summed E-state index contributed by atoms with van der Waals surface area (Å²) in [7, 11) is 0. The molecule has 1 N–H and O–H groups in total. The van der Waals surface area contributed by atoms with Gasteiger partial charge in [-0.25, -0.2) is 0 Å². The van der Waals surface area contributed by atoms with E-state index in [-0.39, 0.29) is 6.04 Å². The molecule has 2 nitrogen and oxygen atoms in total. The molecule has 102 valence electrons. The van der Waals surface area contributed by atoms with Gasteiger partial charge in [0, 0.05) is 19.0 Å². The Morgan fingerprint density at radius 2 is 2.11 bits per heavy atom. The van der Waals surface area contributed by atoms with Gasteiger partial charge in [-0.15, -0.1) is 5.92 Å². The minimum absolute atomic E-state index is 0.212. The van der Waals surface area contributed by atoms with E-state index >= 15 is 0 Å². The minimum atomic E-state index is -0.497. The van der Waals surface area contributed by atoms with E-state index in [0.717, 1.165) is 25.8 Å². The lowest BCUT2D eigenvalue weighted by atomic mass is 10.1. The number of aliphatic hydroxyl groups excluding tert-OH is 1. The maximum absolute atomic E-state index is 10.0. The fraction of sp³-hybridized carbons (Fsp3) is 0.529. The summed E-state index contributed by atoms with van der Waals surface area (Å²) in [5.74, 6) is 6.06. The lowest BCUT2D eigenvalue weighted by Crippen LogP contribution is -2.19. The first-order valence-electron chi connectivity index (χ1n) is 7.21. The van der Waals surface area contributed by atoms with Crippen molar-refractivity contribution in [3.8, 4) is 11.8 Å². The third-order valence-corrected chi connectivity index (χ3v) is 3.74. The number of nitrogens with zero attached hydrogens (tertiary/aromatic N) is 1. The Bertz CT molecular complexity index is 445. The van der Waals surface area contributed by atoms with Gasteiger partial charge >= 0.3 is 0 Å². The van der Waals surface area contributed by atoms with E-state index in [2.05, 4.69) is 54.9 Å². The topological polar surface area (TPSA) is 23.2 Å².